The first kappa shape index (κ1) is 44.2. The average molecular weight is 865 g/mol. The lowest BCUT2D eigenvalue weighted by Crippen LogP contribution is -2.63. The molecule has 8 rings (SSSR count). The minimum atomic E-state index is -2.33. The van der Waals surface area contributed by atoms with Crippen molar-refractivity contribution in [1.82, 2.24) is 0 Å². The first-order valence-corrected chi connectivity index (χ1v) is 21.8. The second-order valence-corrected chi connectivity index (χ2v) is 19.4. The predicted octanol–water partition coefficient (Wildman–Crippen LogP) is 8.04. The van der Waals surface area contributed by atoms with Crippen molar-refractivity contribution in [2.24, 2.45) is 28.1 Å². The summed E-state index contributed by atoms with van der Waals surface area (Å²) in [4.78, 5) is 66.1. The van der Waals surface area contributed by atoms with E-state index in [2.05, 4.69) is 30.3 Å². The second-order valence-electron chi connectivity index (χ2n) is 19.4. The van der Waals surface area contributed by atoms with E-state index in [-0.39, 0.29) is 58.8 Å². The van der Waals surface area contributed by atoms with Gasteiger partial charge in [-0.25, -0.2) is 0 Å². The summed E-state index contributed by atoms with van der Waals surface area (Å²) in [6.07, 6.45) is 3.99. The lowest BCUT2D eigenvalue weighted by molar-refractivity contribution is -0.157. The molecule has 0 aliphatic heterocycles. The van der Waals surface area contributed by atoms with Gasteiger partial charge in [0, 0.05) is 57.9 Å². The summed E-state index contributed by atoms with van der Waals surface area (Å²) in [6, 6.07) is 6.33. The predicted molar refractivity (Wildman–Crippen MR) is 237 cm³/mol. The lowest BCUT2D eigenvalue weighted by atomic mass is 9.47. The highest BCUT2D eigenvalue weighted by molar-refractivity contribution is 6.25. The third-order valence-corrected chi connectivity index (χ3v) is 15.1. The number of Topliss-reactive ketones (excluding diaryl/α,β-unsaturated/α-hetero) is 5. The fourth-order valence-corrected chi connectivity index (χ4v) is 12.2. The van der Waals surface area contributed by atoms with Crippen LogP contribution in [0.25, 0.3) is 5.57 Å². The summed E-state index contributed by atoms with van der Waals surface area (Å²) in [6.45, 7) is 13.6. The molecule has 11 heteroatoms. The molecule has 330 valence electrons. The average Bonchev–Trinajstić information content (AvgIpc) is 3.19. The fourth-order valence-electron chi connectivity index (χ4n) is 12.2. The summed E-state index contributed by atoms with van der Waals surface area (Å²) in [5, 5.41) is 68.1. The SMILES string of the molecule is C=C1C2=C(O)[C@]3(O)C(=O)C(C(C)=O)=C(C)C[C@]3(C)C[C@]2(C)Cc2c(C#CCCCCC#Cc3ccc(O)c4c3C[C@H]3C[C@H]5CC(O)=C(C(C)=O)C(=O)[C@@]5(C)C(O)=C3C4=O)ccc(O)c21. The van der Waals surface area contributed by atoms with E-state index >= 15 is 0 Å². The first-order chi connectivity index (χ1) is 30.0. The van der Waals surface area contributed by atoms with Crippen LogP contribution >= 0.6 is 0 Å². The highest BCUT2D eigenvalue weighted by Gasteiger charge is 2.66. The molecule has 0 radical (unpaired) electrons. The minimum Gasteiger partial charge on any atom is -0.511 e. The molecule has 0 unspecified atom stereocenters. The number of allylic oxidation sites excluding steroid dienone is 7. The van der Waals surface area contributed by atoms with Crippen LogP contribution in [0.2, 0.25) is 0 Å². The zero-order valence-corrected chi connectivity index (χ0v) is 37.0. The van der Waals surface area contributed by atoms with Crippen molar-refractivity contribution in [2.75, 3.05) is 0 Å². The molecule has 0 spiro atoms. The standard InChI is InChI=1S/C53H52O11/c1-26-23-51(6)25-50(5)24-35-31(17-18-36(56)40(35)27(2)44(50)49(63)53(51,64)48(62)39(26)28(3)54)15-13-11-9-8-10-12-14-30-16-19-37(57)43-34(30)21-32-20-33-22-38(58)41(29(4)55)46(60)52(33,7)47(61)42(32)45(43)59/h16-19,32-33,56-58,61,63-64H,2,8-11,20-25H2,1,3-7H3/t32-,33+,50+,51-,52+,53-/m1/s1. The van der Waals surface area contributed by atoms with Gasteiger partial charge in [-0.1, -0.05) is 49.7 Å². The number of fused-ring (bicyclic) bond motifs is 6. The van der Waals surface area contributed by atoms with Crippen LogP contribution < -0.4 is 0 Å². The Labute approximate surface area is 372 Å². The van der Waals surface area contributed by atoms with E-state index in [0.717, 1.165) is 12.0 Å². The smallest absolute Gasteiger partial charge is 0.206 e. The summed E-state index contributed by atoms with van der Waals surface area (Å²) >= 11 is 0. The Hall–Kier alpha value is -6.43. The molecule has 0 amide bonds. The minimum absolute atomic E-state index is 0.0120. The van der Waals surface area contributed by atoms with Crippen molar-refractivity contribution in [2.45, 2.75) is 111 Å². The third-order valence-electron chi connectivity index (χ3n) is 15.1. The van der Waals surface area contributed by atoms with Crippen LogP contribution in [-0.4, -0.2) is 65.2 Å². The highest BCUT2D eigenvalue weighted by atomic mass is 16.3. The molecule has 0 heterocycles. The third kappa shape index (κ3) is 6.19. The van der Waals surface area contributed by atoms with Gasteiger partial charge in [0.25, 0.3) is 0 Å². The summed E-state index contributed by atoms with van der Waals surface area (Å²) in [5.41, 5.74) is -2.03. The van der Waals surface area contributed by atoms with Crippen molar-refractivity contribution in [3.8, 4) is 35.2 Å². The molecular formula is C53H52O11. The Morgan fingerprint density at radius 1 is 0.766 bits per heavy atom. The number of hydrogen-bond acceptors (Lipinski definition) is 11. The van der Waals surface area contributed by atoms with Crippen LogP contribution in [0, 0.1) is 51.8 Å². The highest BCUT2D eigenvalue weighted by Crippen LogP contribution is 2.65. The van der Waals surface area contributed by atoms with Gasteiger partial charge >= 0.3 is 0 Å². The van der Waals surface area contributed by atoms with E-state index in [0.29, 0.717) is 77.5 Å². The maximum atomic E-state index is 14.0. The molecule has 0 fully saturated rings. The number of aliphatic hydroxyl groups is 4. The monoisotopic (exact) mass is 864 g/mol. The molecule has 11 nitrogen and oxygen atoms in total. The number of rotatable bonds is 5. The van der Waals surface area contributed by atoms with Gasteiger partial charge in [0.05, 0.1) is 22.1 Å². The Kier molecular flexibility index (Phi) is 10.4. The van der Waals surface area contributed by atoms with Crippen molar-refractivity contribution in [3.63, 3.8) is 0 Å². The second kappa shape index (κ2) is 15.1. The van der Waals surface area contributed by atoms with E-state index in [1.165, 1.54) is 32.9 Å². The van der Waals surface area contributed by atoms with Gasteiger partial charge in [0.15, 0.2) is 28.7 Å². The number of aromatic hydroxyl groups is 2. The first-order valence-electron chi connectivity index (χ1n) is 21.8. The molecule has 6 N–H and O–H groups in total. The molecule has 2 aromatic rings. The summed E-state index contributed by atoms with van der Waals surface area (Å²) in [5.74, 6) is 7.10. The number of benzene rings is 2. The van der Waals surface area contributed by atoms with Gasteiger partial charge in [-0.05, 0) is 125 Å². The number of phenols is 2. The largest absolute Gasteiger partial charge is 0.511 e. The van der Waals surface area contributed by atoms with Crippen LogP contribution in [0.1, 0.15) is 131 Å². The fraction of sp³-hybridized carbons (Fsp3) is 0.415. The number of phenolic OH excluding ortho intramolecular Hbond substituents is 2. The van der Waals surface area contributed by atoms with Gasteiger partial charge < -0.3 is 30.6 Å². The number of ketones is 5. The van der Waals surface area contributed by atoms with Crippen molar-refractivity contribution in [1.29, 1.82) is 0 Å². The van der Waals surface area contributed by atoms with Crippen LogP contribution in [0.15, 0.2) is 76.0 Å². The van der Waals surface area contributed by atoms with Gasteiger partial charge in [0.2, 0.25) is 5.78 Å². The van der Waals surface area contributed by atoms with Gasteiger partial charge in [0.1, 0.15) is 28.8 Å². The van der Waals surface area contributed by atoms with Crippen molar-refractivity contribution < 1.29 is 54.6 Å². The van der Waals surface area contributed by atoms with E-state index in [1.54, 1.807) is 26.0 Å². The number of unbranched alkanes of at least 4 members (excludes halogenated alkanes) is 3. The summed E-state index contributed by atoms with van der Waals surface area (Å²) < 4.78 is 0. The quantitative estimate of drug-likeness (QED) is 0.0964. The number of aliphatic hydroxyl groups excluding tert-OH is 3. The normalized spacial score (nSPS) is 29.4. The zero-order chi connectivity index (χ0) is 46.6. The Morgan fingerprint density at radius 3 is 1.94 bits per heavy atom. The van der Waals surface area contributed by atoms with Crippen LogP contribution in [-0.2, 0) is 32.0 Å². The van der Waals surface area contributed by atoms with E-state index in [1.807, 2.05) is 6.92 Å². The zero-order valence-electron chi connectivity index (χ0n) is 37.0. The molecule has 2 aromatic carbocycles. The number of carbonyl (C=O) groups excluding carboxylic acids is 5. The maximum Gasteiger partial charge on any atom is 0.206 e. The van der Waals surface area contributed by atoms with Gasteiger partial charge in [-0.3, -0.25) is 24.0 Å². The van der Waals surface area contributed by atoms with Crippen LogP contribution in [0.4, 0.5) is 0 Å². The Bertz CT molecular complexity index is 2860. The van der Waals surface area contributed by atoms with Crippen LogP contribution in [0.3, 0.4) is 0 Å². The van der Waals surface area contributed by atoms with Gasteiger partial charge in [-0.15, -0.1) is 0 Å². The van der Waals surface area contributed by atoms with Crippen LogP contribution in [0.5, 0.6) is 11.5 Å². The number of carbonyl (C=O) groups is 5. The van der Waals surface area contributed by atoms with Crippen molar-refractivity contribution >= 4 is 34.5 Å². The van der Waals surface area contributed by atoms with E-state index in [9.17, 15) is 54.6 Å². The molecule has 0 saturated carbocycles. The molecular weight excluding hydrogens is 813 g/mol. The number of hydrogen-bond donors (Lipinski definition) is 6. The molecule has 6 aliphatic carbocycles. The molecule has 0 aromatic heterocycles. The Morgan fingerprint density at radius 2 is 1.34 bits per heavy atom. The topological polar surface area (TPSA) is 207 Å². The Balaban J connectivity index is 0.974. The molecule has 64 heavy (non-hydrogen) atoms. The van der Waals surface area contributed by atoms with Crippen molar-refractivity contribution in [3.05, 3.63) is 109 Å². The van der Waals surface area contributed by atoms with Gasteiger partial charge in [-0.2, -0.15) is 0 Å². The van der Waals surface area contributed by atoms with E-state index in [4.69, 9.17) is 0 Å². The molecule has 6 aliphatic rings. The molecule has 0 saturated heterocycles. The lowest BCUT2D eigenvalue weighted by Gasteiger charge is -2.57. The van der Waals surface area contributed by atoms with E-state index < -0.39 is 74.1 Å². The summed E-state index contributed by atoms with van der Waals surface area (Å²) in [7, 11) is 0. The molecule has 6 atom stereocenters. The molecule has 0 bridgehead atoms. The maximum absolute atomic E-state index is 14.0.